The minimum absolute atomic E-state index is 0. The Balaban J connectivity index is 0.00000180. The Kier molecular flexibility index (Phi) is 5.32. The van der Waals surface area contributed by atoms with Crippen LogP contribution >= 0.6 is 12.4 Å². The summed E-state index contributed by atoms with van der Waals surface area (Å²) in [5.41, 5.74) is 7.61. The molecule has 0 fully saturated rings. The minimum atomic E-state index is -0.218. The summed E-state index contributed by atoms with van der Waals surface area (Å²) in [5.74, 6) is -0.218. The highest BCUT2D eigenvalue weighted by Gasteiger charge is 2.08. The standard InChI is InChI=1S/C12H15N5O.ClH/c1-9-6-16-17(8-9)5-4-15-12(18)10-7-14-3-2-11(10)13;/h2-3,6-8H,4-5H2,1H3,(H2,13,14)(H,15,18);1H. The largest absolute Gasteiger partial charge is 0.398 e. The highest BCUT2D eigenvalue weighted by molar-refractivity contribution is 5.98. The summed E-state index contributed by atoms with van der Waals surface area (Å²) in [6.07, 6.45) is 6.72. The van der Waals surface area contributed by atoms with Gasteiger partial charge in [0.2, 0.25) is 0 Å². The first kappa shape index (κ1) is 15.0. The van der Waals surface area contributed by atoms with Gasteiger partial charge in [-0.25, -0.2) is 0 Å². The van der Waals surface area contributed by atoms with Gasteiger partial charge in [0.05, 0.1) is 18.3 Å². The molecule has 0 aromatic carbocycles. The molecule has 6 nitrogen and oxygen atoms in total. The number of nitrogen functional groups attached to an aromatic ring is 1. The SMILES string of the molecule is Cc1cnn(CCNC(=O)c2cnccc2N)c1.Cl. The van der Waals surface area contributed by atoms with Crippen LogP contribution in [0, 0.1) is 6.92 Å². The molecule has 0 aliphatic rings. The van der Waals surface area contributed by atoms with Crippen LogP contribution in [-0.4, -0.2) is 27.2 Å². The molecule has 0 unspecified atom stereocenters. The molecule has 0 spiro atoms. The summed E-state index contributed by atoms with van der Waals surface area (Å²) in [6.45, 7) is 3.09. The quantitative estimate of drug-likeness (QED) is 0.876. The zero-order valence-corrected chi connectivity index (χ0v) is 11.4. The van der Waals surface area contributed by atoms with Crippen LogP contribution < -0.4 is 11.1 Å². The predicted molar refractivity (Wildman–Crippen MR) is 75.2 cm³/mol. The van der Waals surface area contributed by atoms with Gasteiger partial charge in [-0.1, -0.05) is 0 Å². The number of nitrogens with two attached hydrogens (primary N) is 1. The molecular weight excluding hydrogens is 266 g/mol. The lowest BCUT2D eigenvalue weighted by molar-refractivity contribution is 0.0952. The maximum Gasteiger partial charge on any atom is 0.255 e. The molecule has 0 radical (unpaired) electrons. The van der Waals surface area contributed by atoms with Crippen LogP contribution in [0.5, 0.6) is 0 Å². The number of hydrogen-bond donors (Lipinski definition) is 2. The van der Waals surface area contributed by atoms with Gasteiger partial charge >= 0.3 is 0 Å². The van der Waals surface area contributed by atoms with E-state index in [1.165, 1.54) is 6.20 Å². The first-order chi connectivity index (χ1) is 8.66. The summed E-state index contributed by atoms with van der Waals surface area (Å²) in [7, 11) is 0. The molecule has 0 aliphatic carbocycles. The Bertz CT molecular complexity index is 555. The van der Waals surface area contributed by atoms with Crippen molar-refractivity contribution in [2.75, 3.05) is 12.3 Å². The first-order valence-electron chi connectivity index (χ1n) is 5.63. The van der Waals surface area contributed by atoms with E-state index in [9.17, 15) is 4.79 Å². The van der Waals surface area contributed by atoms with Gasteiger partial charge in [-0.15, -0.1) is 12.4 Å². The minimum Gasteiger partial charge on any atom is -0.398 e. The fraction of sp³-hybridized carbons (Fsp3) is 0.250. The number of carbonyl (C=O) groups excluding carboxylic acids is 1. The van der Waals surface area contributed by atoms with Gasteiger partial charge in [0.1, 0.15) is 0 Å². The van der Waals surface area contributed by atoms with Crippen molar-refractivity contribution in [1.82, 2.24) is 20.1 Å². The number of amides is 1. The van der Waals surface area contributed by atoms with Crippen molar-refractivity contribution in [3.8, 4) is 0 Å². The number of carbonyl (C=O) groups is 1. The fourth-order valence-corrected chi connectivity index (χ4v) is 1.56. The predicted octanol–water partition coefficient (Wildman–Crippen LogP) is 1.02. The number of rotatable bonds is 4. The topological polar surface area (TPSA) is 85.8 Å². The third-order valence-electron chi connectivity index (χ3n) is 2.49. The molecule has 3 N–H and O–H groups in total. The number of nitrogens with zero attached hydrogens (tertiary/aromatic N) is 3. The molecule has 0 atom stereocenters. The van der Waals surface area contributed by atoms with Crippen molar-refractivity contribution in [3.63, 3.8) is 0 Å². The molecule has 2 heterocycles. The maximum atomic E-state index is 11.8. The van der Waals surface area contributed by atoms with Crippen LogP contribution in [0.15, 0.2) is 30.9 Å². The molecular formula is C12H16ClN5O. The average Bonchev–Trinajstić information content (AvgIpc) is 2.75. The number of hydrogen-bond acceptors (Lipinski definition) is 4. The Labute approximate surface area is 117 Å². The van der Waals surface area contributed by atoms with E-state index in [1.54, 1.807) is 23.1 Å². The van der Waals surface area contributed by atoms with Crippen molar-refractivity contribution in [2.45, 2.75) is 13.5 Å². The molecule has 1 amide bonds. The van der Waals surface area contributed by atoms with Crippen LogP contribution in [0.4, 0.5) is 5.69 Å². The summed E-state index contributed by atoms with van der Waals surface area (Å²) >= 11 is 0. The molecule has 7 heteroatoms. The molecule has 0 saturated heterocycles. The second-order valence-corrected chi connectivity index (χ2v) is 4.00. The van der Waals surface area contributed by atoms with Crippen molar-refractivity contribution in [2.24, 2.45) is 0 Å². The van der Waals surface area contributed by atoms with Gasteiger partial charge in [-0.05, 0) is 18.6 Å². The van der Waals surface area contributed by atoms with E-state index in [4.69, 9.17) is 5.73 Å². The fourth-order valence-electron chi connectivity index (χ4n) is 1.56. The van der Waals surface area contributed by atoms with Crippen molar-refractivity contribution in [3.05, 3.63) is 42.0 Å². The van der Waals surface area contributed by atoms with Crippen LogP contribution in [-0.2, 0) is 6.54 Å². The monoisotopic (exact) mass is 281 g/mol. The van der Waals surface area contributed by atoms with Crippen molar-refractivity contribution in [1.29, 1.82) is 0 Å². The Morgan fingerprint density at radius 1 is 1.47 bits per heavy atom. The first-order valence-corrected chi connectivity index (χ1v) is 5.63. The summed E-state index contributed by atoms with van der Waals surface area (Å²) in [4.78, 5) is 15.7. The number of nitrogens with one attached hydrogen (secondary N) is 1. The van der Waals surface area contributed by atoms with Gasteiger partial charge in [0.15, 0.2) is 0 Å². The highest BCUT2D eigenvalue weighted by Crippen LogP contribution is 2.07. The maximum absolute atomic E-state index is 11.8. The van der Waals surface area contributed by atoms with Gasteiger partial charge in [0, 0.05) is 30.8 Å². The van der Waals surface area contributed by atoms with Crippen LogP contribution in [0.3, 0.4) is 0 Å². The van der Waals surface area contributed by atoms with E-state index >= 15 is 0 Å². The summed E-state index contributed by atoms with van der Waals surface area (Å²) in [5, 5.41) is 6.91. The molecule has 0 saturated carbocycles. The number of anilines is 1. The highest BCUT2D eigenvalue weighted by atomic mass is 35.5. The zero-order valence-electron chi connectivity index (χ0n) is 10.5. The molecule has 0 bridgehead atoms. The molecule has 0 aliphatic heterocycles. The van der Waals surface area contributed by atoms with E-state index < -0.39 is 0 Å². The second-order valence-electron chi connectivity index (χ2n) is 4.00. The number of aromatic nitrogens is 3. The van der Waals surface area contributed by atoms with Crippen LogP contribution in [0.2, 0.25) is 0 Å². The molecule has 102 valence electrons. The smallest absolute Gasteiger partial charge is 0.255 e. The number of halogens is 1. The zero-order chi connectivity index (χ0) is 13.0. The van der Waals surface area contributed by atoms with E-state index in [0.717, 1.165) is 5.56 Å². The molecule has 2 rings (SSSR count). The van der Waals surface area contributed by atoms with Crippen LogP contribution in [0.25, 0.3) is 0 Å². The Hall–Kier alpha value is -2.08. The van der Waals surface area contributed by atoms with E-state index in [2.05, 4.69) is 15.4 Å². The van der Waals surface area contributed by atoms with Crippen LogP contribution in [0.1, 0.15) is 15.9 Å². The lowest BCUT2D eigenvalue weighted by Crippen LogP contribution is -2.28. The Morgan fingerprint density at radius 3 is 2.89 bits per heavy atom. The van der Waals surface area contributed by atoms with Gasteiger partial charge < -0.3 is 11.1 Å². The van der Waals surface area contributed by atoms with Crippen molar-refractivity contribution >= 4 is 24.0 Å². The van der Waals surface area contributed by atoms with Crippen molar-refractivity contribution < 1.29 is 4.79 Å². The van der Waals surface area contributed by atoms with Gasteiger partial charge in [-0.3, -0.25) is 14.5 Å². The molecule has 2 aromatic rings. The van der Waals surface area contributed by atoms with E-state index in [-0.39, 0.29) is 18.3 Å². The van der Waals surface area contributed by atoms with E-state index in [0.29, 0.717) is 24.3 Å². The normalized spacial score (nSPS) is 9.74. The second kappa shape index (κ2) is 6.75. The molecule has 19 heavy (non-hydrogen) atoms. The summed E-state index contributed by atoms with van der Waals surface area (Å²) in [6, 6.07) is 1.60. The Morgan fingerprint density at radius 2 is 2.26 bits per heavy atom. The third-order valence-corrected chi connectivity index (χ3v) is 2.49. The number of pyridine rings is 1. The van der Waals surface area contributed by atoms with Gasteiger partial charge in [0.25, 0.3) is 5.91 Å². The lowest BCUT2D eigenvalue weighted by atomic mass is 10.2. The average molecular weight is 282 g/mol. The molecule has 2 aromatic heterocycles. The lowest BCUT2D eigenvalue weighted by Gasteiger charge is -2.06. The third kappa shape index (κ3) is 3.96. The summed E-state index contributed by atoms with van der Waals surface area (Å²) < 4.78 is 1.78. The van der Waals surface area contributed by atoms with Gasteiger partial charge in [-0.2, -0.15) is 5.10 Å². The number of aryl methyl sites for hydroxylation is 1. The van der Waals surface area contributed by atoms with E-state index in [1.807, 2.05) is 13.1 Å².